The Bertz CT molecular complexity index is 1510. The number of aromatic nitrogens is 2. The van der Waals surface area contributed by atoms with E-state index in [0.29, 0.717) is 11.2 Å². The van der Waals surface area contributed by atoms with Crippen molar-refractivity contribution in [3.8, 4) is 5.82 Å². The Morgan fingerprint density at radius 2 is 1.91 bits per heavy atom. The second kappa shape index (κ2) is 8.85. The van der Waals surface area contributed by atoms with E-state index in [4.69, 9.17) is 11.6 Å². The normalized spacial score (nSPS) is 11.4. The summed E-state index contributed by atoms with van der Waals surface area (Å²) >= 11 is 6.59. The Balaban J connectivity index is 1.52. The van der Waals surface area contributed by atoms with Gasteiger partial charge < -0.3 is 10.2 Å². The van der Waals surface area contributed by atoms with Gasteiger partial charge in [-0.1, -0.05) is 11.6 Å². The predicted molar refractivity (Wildman–Crippen MR) is 130 cm³/mol. The van der Waals surface area contributed by atoms with Crippen LogP contribution in [0.2, 0.25) is 4.34 Å². The quantitative estimate of drug-likeness (QED) is 0.429. The lowest BCUT2D eigenvalue weighted by Crippen LogP contribution is -2.34. The lowest BCUT2D eigenvalue weighted by Gasteiger charge is -2.13. The standard InChI is InChI=1S/C21H18ClN5O4S2/c1-26(2)15-4-5-16-13(11-15)9-10-27(20(16)28)18-7-3-14(12-23-18)24-21(29)25-33(30,31)19-8-6-17(22)32-19/h3-12H,1-2H3,(H2,24,25,29). The number of carbonyl (C=O) groups is 1. The number of carbonyl (C=O) groups excluding carboxylic acids is 1. The highest BCUT2D eigenvalue weighted by molar-refractivity contribution is 7.92. The molecule has 3 aromatic heterocycles. The molecule has 3 heterocycles. The maximum Gasteiger partial charge on any atom is 0.333 e. The first-order valence-corrected chi connectivity index (χ1v) is 12.2. The van der Waals surface area contributed by atoms with Crippen LogP contribution >= 0.6 is 22.9 Å². The molecule has 0 aliphatic heterocycles. The van der Waals surface area contributed by atoms with Gasteiger partial charge >= 0.3 is 6.03 Å². The molecule has 170 valence electrons. The van der Waals surface area contributed by atoms with Crippen LogP contribution in [0.5, 0.6) is 0 Å². The number of rotatable bonds is 5. The van der Waals surface area contributed by atoms with Crippen molar-refractivity contribution >= 4 is 61.1 Å². The molecular weight excluding hydrogens is 486 g/mol. The topological polar surface area (TPSA) is 113 Å². The predicted octanol–water partition coefficient (Wildman–Crippen LogP) is 3.68. The fourth-order valence-corrected chi connectivity index (χ4v) is 5.46. The molecule has 0 atom stereocenters. The lowest BCUT2D eigenvalue weighted by molar-refractivity contribution is 0.256. The summed E-state index contributed by atoms with van der Waals surface area (Å²) < 4.78 is 27.9. The van der Waals surface area contributed by atoms with E-state index in [1.54, 1.807) is 18.3 Å². The third-order valence-corrected chi connectivity index (χ3v) is 7.75. The van der Waals surface area contributed by atoms with Gasteiger partial charge in [-0.2, -0.15) is 0 Å². The van der Waals surface area contributed by atoms with E-state index < -0.39 is 16.1 Å². The summed E-state index contributed by atoms with van der Waals surface area (Å²) in [5.74, 6) is 0.352. The number of sulfonamides is 1. The van der Waals surface area contributed by atoms with Crippen molar-refractivity contribution in [2.75, 3.05) is 24.3 Å². The zero-order chi connectivity index (χ0) is 23.8. The molecule has 33 heavy (non-hydrogen) atoms. The Morgan fingerprint density at radius 3 is 2.55 bits per heavy atom. The number of urea groups is 1. The summed E-state index contributed by atoms with van der Waals surface area (Å²) in [7, 11) is -0.190. The highest BCUT2D eigenvalue weighted by atomic mass is 35.5. The molecule has 0 fully saturated rings. The van der Waals surface area contributed by atoms with Crippen LogP contribution in [0.15, 0.2) is 69.9 Å². The zero-order valence-corrected chi connectivity index (χ0v) is 19.8. The van der Waals surface area contributed by atoms with Gasteiger partial charge in [0.05, 0.1) is 16.2 Å². The molecule has 12 heteroatoms. The smallest absolute Gasteiger partial charge is 0.333 e. The van der Waals surface area contributed by atoms with Crippen LogP contribution in [0.1, 0.15) is 0 Å². The van der Waals surface area contributed by atoms with E-state index in [2.05, 4.69) is 10.3 Å². The molecule has 4 aromatic rings. The summed E-state index contributed by atoms with van der Waals surface area (Å²) in [5, 5.41) is 3.76. The number of amides is 2. The van der Waals surface area contributed by atoms with E-state index in [-0.39, 0.29) is 19.8 Å². The Kier molecular flexibility index (Phi) is 6.11. The van der Waals surface area contributed by atoms with Gasteiger partial charge in [0.15, 0.2) is 0 Å². The van der Waals surface area contributed by atoms with Gasteiger partial charge in [-0.25, -0.2) is 22.9 Å². The first kappa shape index (κ1) is 22.8. The molecule has 0 bridgehead atoms. The van der Waals surface area contributed by atoms with Gasteiger partial charge in [0, 0.05) is 31.4 Å². The van der Waals surface area contributed by atoms with Crippen molar-refractivity contribution in [3.05, 3.63) is 75.6 Å². The van der Waals surface area contributed by atoms with Crippen molar-refractivity contribution in [3.63, 3.8) is 0 Å². The van der Waals surface area contributed by atoms with Crippen molar-refractivity contribution in [2.24, 2.45) is 0 Å². The number of halogens is 1. The molecule has 0 saturated carbocycles. The second-order valence-corrected chi connectivity index (χ2v) is 10.8. The molecular formula is C21H18ClN5O4S2. The second-order valence-electron chi connectivity index (χ2n) is 7.18. The lowest BCUT2D eigenvalue weighted by atomic mass is 10.1. The molecule has 2 N–H and O–H groups in total. The molecule has 0 unspecified atom stereocenters. The van der Waals surface area contributed by atoms with Crippen molar-refractivity contribution in [1.29, 1.82) is 0 Å². The minimum Gasteiger partial charge on any atom is -0.378 e. The number of thiophene rings is 1. The zero-order valence-electron chi connectivity index (χ0n) is 17.4. The van der Waals surface area contributed by atoms with Crippen molar-refractivity contribution in [1.82, 2.24) is 14.3 Å². The molecule has 4 rings (SSSR count). The highest BCUT2D eigenvalue weighted by Gasteiger charge is 2.20. The van der Waals surface area contributed by atoms with Crippen molar-refractivity contribution < 1.29 is 13.2 Å². The minimum atomic E-state index is -4.04. The van der Waals surface area contributed by atoms with Gasteiger partial charge in [0.25, 0.3) is 15.6 Å². The molecule has 0 radical (unpaired) electrons. The van der Waals surface area contributed by atoms with E-state index >= 15 is 0 Å². The van der Waals surface area contributed by atoms with Crippen LogP contribution in [0.25, 0.3) is 16.6 Å². The fraction of sp³-hybridized carbons (Fsp3) is 0.0952. The monoisotopic (exact) mass is 503 g/mol. The van der Waals surface area contributed by atoms with Gasteiger partial charge in [-0.3, -0.25) is 9.36 Å². The number of hydrogen-bond acceptors (Lipinski definition) is 7. The van der Waals surface area contributed by atoms with Crippen LogP contribution in [-0.4, -0.2) is 38.1 Å². The third kappa shape index (κ3) is 4.85. The summed E-state index contributed by atoms with van der Waals surface area (Å²) in [6.45, 7) is 0. The molecule has 0 saturated heterocycles. The molecule has 9 nitrogen and oxygen atoms in total. The minimum absolute atomic E-state index is 0.0792. The molecule has 0 aliphatic rings. The largest absolute Gasteiger partial charge is 0.378 e. The molecule has 2 amide bonds. The van der Waals surface area contributed by atoms with E-state index in [1.807, 2.05) is 41.9 Å². The number of pyridine rings is 2. The Labute approximate surface area is 198 Å². The molecule has 1 aromatic carbocycles. The highest BCUT2D eigenvalue weighted by Crippen LogP contribution is 2.25. The van der Waals surface area contributed by atoms with Crippen molar-refractivity contribution in [2.45, 2.75) is 4.21 Å². The van der Waals surface area contributed by atoms with Crippen LogP contribution in [0.3, 0.4) is 0 Å². The van der Waals surface area contributed by atoms with E-state index in [1.165, 1.54) is 29.0 Å². The van der Waals surface area contributed by atoms with Crippen LogP contribution in [0.4, 0.5) is 16.2 Å². The fourth-order valence-electron chi connectivity index (χ4n) is 3.07. The van der Waals surface area contributed by atoms with E-state index in [9.17, 15) is 18.0 Å². The van der Waals surface area contributed by atoms with Gasteiger partial charge in [-0.15, -0.1) is 11.3 Å². The van der Waals surface area contributed by atoms with E-state index in [0.717, 1.165) is 22.4 Å². The van der Waals surface area contributed by atoms with Crippen LogP contribution in [0, 0.1) is 0 Å². The number of nitrogens with one attached hydrogen (secondary N) is 2. The average Bonchev–Trinajstić information content (AvgIpc) is 3.21. The van der Waals surface area contributed by atoms with Gasteiger partial charge in [0.2, 0.25) is 0 Å². The summed E-state index contributed by atoms with van der Waals surface area (Å²) in [6.07, 6.45) is 2.96. The first-order valence-electron chi connectivity index (χ1n) is 9.52. The van der Waals surface area contributed by atoms with Gasteiger partial charge in [0.1, 0.15) is 10.0 Å². The third-order valence-electron chi connectivity index (χ3n) is 4.70. The number of benzene rings is 1. The molecule has 0 spiro atoms. The summed E-state index contributed by atoms with van der Waals surface area (Å²) in [4.78, 5) is 31.2. The maximum absolute atomic E-state index is 12.9. The Hall–Kier alpha value is -3.41. The SMILES string of the molecule is CN(C)c1ccc2c(=O)n(-c3ccc(NC(=O)NS(=O)(=O)c4ccc(Cl)s4)cn3)ccc2c1. The number of nitrogens with zero attached hydrogens (tertiary/aromatic N) is 3. The number of fused-ring (bicyclic) bond motifs is 1. The van der Waals surface area contributed by atoms with Crippen LogP contribution in [-0.2, 0) is 10.0 Å². The molecule has 0 aliphatic carbocycles. The number of anilines is 2. The van der Waals surface area contributed by atoms with Crippen LogP contribution < -0.4 is 20.5 Å². The first-order chi connectivity index (χ1) is 15.6. The summed E-state index contributed by atoms with van der Waals surface area (Å²) in [6, 6.07) is 12.2. The average molecular weight is 504 g/mol. The summed E-state index contributed by atoms with van der Waals surface area (Å²) in [5.41, 5.74) is 1.00. The number of hydrogen-bond donors (Lipinski definition) is 2. The maximum atomic E-state index is 12.9. The Morgan fingerprint density at radius 1 is 1.12 bits per heavy atom. The van der Waals surface area contributed by atoms with Gasteiger partial charge in [-0.05, 0) is 53.9 Å².